The van der Waals surface area contributed by atoms with Crippen LogP contribution in [0.25, 0.3) is 11.3 Å². The molecule has 27 heavy (non-hydrogen) atoms. The molecule has 1 N–H and O–H groups in total. The van der Waals surface area contributed by atoms with E-state index in [0.717, 1.165) is 16.8 Å². The molecule has 0 unspecified atom stereocenters. The van der Waals surface area contributed by atoms with Crippen LogP contribution in [0.2, 0.25) is 0 Å². The van der Waals surface area contributed by atoms with Gasteiger partial charge in [-0.2, -0.15) is 5.10 Å². The molecule has 3 aromatic rings. The van der Waals surface area contributed by atoms with Gasteiger partial charge in [0.2, 0.25) is 0 Å². The molecular weight excluding hydrogens is 349 g/mol. The maximum atomic E-state index is 13.1. The molecule has 1 heterocycles. The zero-order chi connectivity index (χ0) is 19.2. The lowest BCUT2D eigenvalue weighted by Gasteiger charge is -2.18. The summed E-state index contributed by atoms with van der Waals surface area (Å²) in [6.07, 6.45) is 1.66. The van der Waals surface area contributed by atoms with Crippen molar-refractivity contribution < 1.29 is 18.7 Å². The highest BCUT2D eigenvalue weighted by Gasteiger charge is 2.15. The molecule has 1 aromatic heterocycles. The fourth-order valence-corrected chi connectivity index (χ4v) is 2.63. The predicted molar refractivity (Wildman–Crippen MR) is 98.9 cm³/mol. The van der Waals surface area contributed by atoms with Crippen molar-refractivity contribution in [1.82, 2.24) is 15.1 Å². The molecule has 7 heteroatoms. The molecule has 0 atom stereocenters. The highest BCUT2D eigenvalue weighted by molar-refractivity contribution is 5.78. The monoisotopic (exact) mass is 369 g/mol. The lowest BCUT2D eigenvalue weighted by Crippen LogP contribution is -2.31. The van der Waals surface area contributed by atoms with E-state index in [4.69, 9.17) is 9.47 Å². The predicted octanol–water partition coefficient (Wildman–Crippen LogP) is 3.26. The normalized spacial score (nSPS) is 10.5. The number of nitrogens with zero attached hydrogens (tertiary/aromatic N) is 2. The van der Waals surface area contributed by atoms with E-state index in [1.165, 1.54) is 12.1 Å². The van der Waals surface area contributed by atoms with Crippen LogP contribution in [0, 0.1) is 5.82 Å². The van der Waals surface area contributed by atoms with Gasteiger partial charge in [0.1, 0.15) is 5.82 Å². The van der Waals surface area contributed by atoms with E-state index in [1.807, 2.05) is 12.1 Å². The number of methoxy groups -OCH3 is 1. The van der Waals surface area contributed by atoms with Crippen LogP contribution in [-0.2, 0) is 11.3 Å². The number of nitrogens with one attached hydrogen (secondary N) is 1. The Bertz CT molecular complexity index is 909. The molecule has 0 spiro atoms. The van der Waals surface area contributed by atoms with Crippen LogP contribution >= 0.6 is 0 Å². The van der Waals surface area contributed by atoms with Crippen LogP contribution in [0.1, 0.15) is 5.56 Å². The van der Waals surface area contributed by atoms with Gasteiger partial charge in [-0.05, 0) is 36.4 Å². The number of para-hydroxylation sites is 2. The van der Waals surface area contributed by atoms with Crippen molar-refractivity contribution in [2.24, 2.45) is 0 Å². The Balaban J connectivity index is 1.64. The molecule has 0 aliphatic heterocycles. The van der Waals surface area contributed by atoms with E-state index in [0.29, 0.717) is 18.0 Å². The topological polar surface area (TPSA) is 67.5 Å². The third kappa shape index (κ3) is 4.44. The largest absolute Gasteiger partial charge is 0.493 e. The molecule has 0 radical (unpaired) electrons. The number of carbonyl (C=O) groups excluding carboxylic acids is 1. The number of likely N-dealkylation sites (N-methyl/N-ethyl adjacent to an activating group) is 1. The molecule has 140 valence electrons. The Labute approximate surface area is 156 Å². The summed E-state index contributed by atoms with van der Waals surface area (Å²) in [6, 6.07) is 13.3. The second-order valence-corrected chi connectivity index (χ2v) is 5.97. The van der Waals surface area contributed by atoms with Gasteiger partial charge < -0.3 is 14.4 Å². The molecule has 0 saturated carbocycles. The van der Waals surface area contributed by atoms with Gasteiger partial charge in [-0.15, -0.1) is 0 Å². The van der Waals surface area contributed by atoms with Crippen LogP contribution in [-0.4, -0.2) is 41.8 Å². The summed E-state index contributed by atoms with van der Waals surface area (Å²) in [5.74, 6) is 0.589. The van der Waals surface area contributed by atoms with Crippen molar-refractivity contribution >= 4 is 5.91 Å². The second kappa shape index (κ2) is 8.35. The van der Waals surface area contributed by atoms with Gasteiger partial charge >= 0.3 is 0 Å². The molecule has 6 nitrogen and oxygen atoms in total. The van der Waals surface area contributed by atoms with Crippen LogP contribution in [0.5, 0.6) is 11.5 Å². The molecule has 0 saturated heterocycles. The van der Waals surface area contributed by atoms with Crippen molar-refractivity contribution in [1.29, 1.82) is 0 Å². The zero-order valence-corrected chi connectivity index (χ0v) is 15.1. The minimum absolute atomic E-state index is 0.111. The number of ether oxygens (including phenoxy) is 2. The third-order valence-corrected chi connectivity index (χ3v) is 4.10. The number of benzene rings is 2. The Morgan fingerprint density at radius 3 is 2.56 bits per heavy atom. The first-order valence-electron chi connectivity index (χ1n) is 8.36. The summed E-state index contributed by atoms with van der Waals surface area (Å²) < 4.78 is 23.9. The molecule has 1 amide bonds. The van der Waals surface area contributed by atoms with Gasteiger partial charge in [-0.3, -0.25) is 9.89 Å². The molecule has 0 fully saturated rings. The zero-order valence-electron chi connectivity index (χ0n) is 15.1. The van der Waals surface area contributed by atoms with Crippen molar-refractivity contribution in [3.05, 3.63) is 66.1 Å². The van der Waals surface area contributed by atoms with E-state index < -0.39 is 0 Å². The summed E-state index contributed by atoms with van der Waals surface area (Å²) in [4.78, 5) is 14.0. The molecule has 3 rings (SSSR count). The van der Waals surface area contributed by atoms with Gasteiger partial charge in [0.15, 0.2) is 18.1 Å². The summed E-state index contributed by atoms with van der Waals surface area (Å²) in [5.41, 5.74) is 2.38. The number of H-pyrrole nitrogens is 1. The summed E-state index contributed by atoms with van der Waals surface area (Å²) in [5, 5.41) is 6.95. The number of aromatic nitrogens is 2. The number of amides is 1. The van der Waals surface area contributed by atoms with Crippen molar-refractivity contribution in [3.63, 3.8) is 0 Å². The Morgan fingerprint density at radius 1 is 1.15 bits per heavy atom. The number of hydrogen-bond acceptors (Lipinski definition) is 4. The van der Waals surface area contributed by atoms with Gasteiger partial charge in [0, 0.05) is 24.7 Å². The maximum absolute atomic E-state index is 13.1. The average Bonchev–Trinajstić information content (AvgIpc) is 3.14. The van der Waals surface area contributed by atoms with Gasteiger partial charge in [0.25, 0.3) is 5.91 Å². The lowest BCUT2D eigenvalue weighted by molar-refractivity contribution is -0.132. The maximum Gasteiger partial charge on any atom is 0.260 e. The third-order valence-electron chi connectivity index (χ3n) is 4.10. The average molecular weight is 369 g/mol. The van der Waals surface area contributed by atoms with E-state index in [9.17, 15) is 9.18 Å². The molecular formula is C20H20FN3O3. The Hall–Kier alpha value is -3.35. The van der Waals surface area contributed by atoms with E-state index in [-0.39, 0.29) is 18.3 Å². The SMILES string of the molecule is COc1ccccc1OCC(=O)N(C)Cc1cn[nH]c1-c1ccc(F)cc1. The van der Waals surface area contributed by atoms with E-state index >= 15 is 0 Å². The van der Waals surface area contributed by atoms with Gasteiger partial charge in [-0.1, -0.05) is 12.1 Å². The number of carbonyl (C=O) groups is 1. The van der Waals surface area contributed by atoms with E-state index in [1.54, 1.807) is 49.5 Å². The quantitative estimate of drug-likeness (QED) is 0.694. The molecule has 0 bridgehead atoms. The highest BCUT2D eigenvalue weighted by atomic mass is 19.1. The number of halogens is 1. The minimum atomic E-state index is -0.305. The van der Waals surface area contributed by atoms with E-state index in [2.05, 4.69) is 10.2 Å². The highest BCUT2D eigenvalue weighted by Crippen LogP contribution is 2.26. The van der Waals surface area contributed by atoms with Crippen molar-refractivity contribution in [2.75, 3.05) is 20.8 Å². The fraction of sp³-hybridized carbons (Fsp3) is 0.200. The summed E-state index contributed by atoms with van der Waals surface area (Å²) in [6.45, 7) is 0.234. The number of aromatic amines is 1. The second-order valence-electron chi connectivity index (χ2n) is 5.97. The summed E-state index contributed by atoms with van der Waals surface area (Å²) >= 11 is 0. The molecule has 2 aromatic carbocycles. The van der Waals surface area contributed by atoms with Crippen LogP contribution in [0.3, 0.4) is 0 Å². The van der Waals surface area contributed by atoms with Gasteiger partial charge in [-0.25, -0.2) is 4.39 Å². The number of rotatable bonds is 7. The van der Waals surface area contributed by atoms with Crippen molar-refractivity contribution in [2.45, 2.75) is 6.54 Å². The smallest absolute Gasteiger partial charge is 0.260 e. The first-order chi connectivity index (χ1) is 13.1. The van der Waals surface area contributed by atoms with Gasteiger partial charge in [0.05, 0.1) is 19.0 Å². The fourth-order valence-electron chi connectivity index (χ4n) is 2.63. The summed E-state index contributed by atoms with van der Waals surface area (Å²) in [7, 11) is 3.24. The molecule has 0 aliphatic carbocycles. The van der Waals surface area contributed by atoms with Crippen molar-refractivity contribution in [3.8, 4) is 22.8 Å². The Morgan fingerprint density at radius 2 is 1.85 bits per heavy atom. The molecule has 0 aliphatic rings. The van der Waals surface area contributed by atoms with Crippen LogP contribution < -0.4 is 9.47 Å². The minimum Gasteiger partial charge on any atom is -0.493 e. The Kier molecular flexibility index (Phi) is 5.71. The van der Waals surface area contributed by atoms with Crippen LogP contribution in [0.4, 0.5) is 4.39 Å². The van der Waals surface area contributed by atoms with Crippen LogP contribution in [0.15, 0.2) is 54.7 Å². The number of hydrogen-bond donors (Lipinski definition) is 1. The standard InChI is InChI=1S/C20H20FN3O3/c1-24(19(25)13-27-18-6-4-3-5-17(18)26-2)12-15-11-22-23-20(15)14-7-9-16(21)10-8-14/h3-11H,12-13H2,1-2H3,(H,22,23). The lowest BCUT2D eigenvalue weighted by atomic mass is 10.1. The first kappa shape index (κ1) is 18.4. The first-order valence-corrected chi connectivity index (χ1v) is 8.36.